The van der Waals surface area contributed by atoms with Crippen molar-refractivity contribution in [3.8, 4) is 0 Å². The highest BCUT2D eigenvalue weighted by Gasteiger charge is 2.59. The Morgan fingerprint density at radius 3 is 0.368 bits per heavy atom. The zero-order chi connectivity index (χ0) is 64.9. The second-order valence-corrected chi connectivity index (χ2v) is 21.1. The van der Waals surface area contributed by atoms with E-state index in [1.807, 2.05) is 41.5 Å². The summed E-state index contributed by atoms with van der Waals surface area (Å²) in [6.07, 6.45) is -64.2. The summed E-state index contributed by atoms with van der Waals surface area (Å²) in [5, 5.41) is 230. The van der Waals surface area contributed by atoms with Gasteiger partial charge in [0, 0.05) is 0 Å². The van der Waals surface area contributed by atoms with Crippen LogP contribution in [-0.2, 0) is 66.3 Å². The van der Waals surface area contributed by atoms with E-state index in [1.165, 1.54) is 25.7 Å². The van der Waals surface area contributed by atoms with Crippen molar-refractivity contribution < 1.29 is 174 Å². The van der Waals surface area contributed by atoms with Gasteiger partial charge in [0.25, 0.3) is 0 Å². The van der Waals surface area contributed by atoms with Gasteiger partial charge in [-0.3, -0.25) is 0 Å². The predicted octanol–water partition coefficient (Wildman–Crippen LogP) is -10.6. The molecule has 0 amide bonds. The molecule has 21 saturated heterocycles. The summed E-state index contributed by atoms with van der Waals surface area (Å²) < 4.78 is 79.5. The number of hydrogen-bond acceptors (Lipinski definition) is 35. The molecule has 0 aromatic heterocycles. The standard InChI is InChI=1S/C42H70O35.C4H8.3C2H6/c43-1-8-29-15(50)22(57)36(64-8)72-30-9(2-44)66-38(24(59)17(30)52)74-32-11(4-46)68-40(26(61)19(32)54)76-34-13(6-48)70-42(28(63)21(34)56)77-35-14(7-49)69-41(27(62)20(35)55)75-33-12(5-47)67-39(25(60)18(33)53)73-31-10(3-45)65-37(71-29)23(58)16(31)51;1-2-4-3-1;3*1-2/h8-63H,1-7H2;1-4H2;3*1-2H3/t8?,9?,10?,11?,12?,13?,14?,15-,16-,17-,18-,19-,20-,21-,22?,23?,24?,25?,26?,27?,28?,29-,30-,31-,32-,33-,34-,35-,36-,37-,38-,39-,40+,41+,42+;;;;/m1..../s1. The molecule has 21 N–H and O–H groups in total. The molecule has 21 heterocycles. The summed E-state index contributed by atoms with van der Waals surface area (Å²) in [7, 11) is 0. The highest BCUT2D eigenvalue weighted by molar-refractivity contribution is 5.01. The molecule has 35 heteroatoms. The van der Waals surface area contributed by atoms with Crippen molar-refractivity contribution in [1.82, 2.24) is 0 Å². The van der Waals surface area contributed by atoms with Crippen molar-refractivity contribution >= 4 is 0 Å². The maximum Gasteiger partial charge on any atom is 0.187 e. The monoisotopic (exact) mass is 1280 g/mol. The quantitative estimate of drug-likeness (QED) is 0.113. The number of aliphatic hydroxyl groups excluding tert-OH is 21. The van der Waals surface area contributed by atoms with E-state index in [-0.39, 0.29) is 0 Å². The van der Waals surface area contributed by atoms with Crippen molar-refractivity contribution in [3.63, 3.8) is 0 Å². The first kappa shape index (κ1) is 76.3. The van der Waals surface area contributed by atoms with Crippen LogP contribution in [0.3, 0.4) is 0 Å². The maximum absolute atomic E-state index is 11.3. The minimum Gasteiger partial charge on any atom is -0.394 e. The van der Waals surface area contributed by atoms with Crippen molar-refractivity contribution in [1.29, 1.82) is 0 Å². The van der Waals surface area contributed by atoms with Gasteiger partial charge in [-0.25, -0.2) is 0 Å². The van der Waals surface area contributed by atoms with Crippen LogP contribution in [0.15, 0.2) is 0 Å². The fourth-order valence-corrected chi connectivity index (χ4v) is 10.7. The Bertz CT molecular complexity index is 1530. The molecule has 0 spiro atoms. The smallest absolute Gasteiger partial charge is 0.187 e. The van der Waals surface area contributed by atoms with E-state index in [1.54, 1.807) is 0 Å². The summed E-state index contributed by atoms with van der Waals surface area (Å²) in [6.45, 7) is 4.67. The minimum atomic E-state index is -2.21. The van der Waals surface area contributed by atoms with Crippen molar-refractivity contribution in [3.05, 3.63) is 0 Å². The Kier molecular flexibility index (Phi) is 31.4. The molecular formula is C52H96O35. The van der Waals surface area contributed by atoms with Gasteiger partial charge in [-0.1, -0.05) is 67.2 Å². The minimum absolute atomic E-state index is 1.05. The number of ether oxygens (including phenoxy) is 14. The average Bonchev–Trinajstić information content (AvgIpc) is 0.889. The molecule has 21 aliphatic heterocycles. The highest BCUT2D eigenvalue weighted by atomic mass is 16.8. The van der Waals surface area contributed by atoms with Crippen LogP contribution in [0.2, 0.25) is 0 Å². The molecule has 0 aromatic rings. The maximum atomic E-state index is 11.3. The number of hydrogen-bond donors (Lipinski definition) is 21. The van der Waals surface area contributed by atoms with Gasteiger partial charge in [-0.2, -0.15) is 0 Å². The van der Waals surface area contributed by atoms with E-state index < -0.39 is 261 Å². The molecule has 0 radical (unpaired) electrons. The van der Waals surface area contributed by atoms with Crippen molar-refractivity contribution in [2.45, 2.75) is 282 Å². The third-order valence-corrected chi connectivity index (χ3v) is 15.8. The third-order valence-electron chi connectivity index (χ3n) is 15.8. The Labute approximate surface area is 501 Å². The lowest BCUT2D eigenvalue weighted by Gasteiger charge is -2.50. The molecule has 22 rings (SSSR count). The van der Waals surface area contributed by atoms with E-state index in [9.17, 15) is 107 Å². The molecule has 87 heavy (non-hydrogen) atoms. The van der Waals surface area contributed by atoms with E-state index >= 15 is 0 Å². The lowest BCUT2D eigenvalue weighted by atomic mass is 9.95. The Morgan fingerprint density at radius 2 is 0.287 bits per heavy atom. The lowest BCUT2D eigenvalue weighted by molar-refractivity contribution is -0.396. The van der Waals surface area contributed by atoms with Gasteiger partial charge in [-0.15, -0.1) is 0 Å². The molecule has 35 atom stereocenters. The summed E-state index contributed by atoms with van der Waals surface area (Å²) in [5.41, 5.74) is 0. The molecule has 514 valence electrons. The molecule has 14 bridgehead atoms. The molecule has 1 aliphatic carbocycles. The largest absolute Gasteiger partial charge is 0.394 e. The molecule has 35 nitrogen and oxygen atoms in total. The first-order chi connectivity index (χ1) is 41.7. The normalized spacial score (nSPS) is 50.3. The Balaban J connectivity index is 0.00000129. The van der Waals surface area contributed by atoms with Crippen LogP contribution in [0.4, 0.5) is 0 Å². The average molecular weight is 1280 g/mol. The highest BCUT2D eigenvalue weighted by Crippen LogP contribution is 2.39. The fraction of sp³-hybridized carbons (Fsp3) is 1.00. The molecule has 14 unspecified atom stereocenters. The Morgan fingerprint density at radius 1 is 0.184 bits per heavy atom. The first-order valence-corrected chi connectivity index (χ1v) is 29.6. The zero-order valence-corrected chi connectivity index (χ0v) is 49.1. The summed E-state index contributed by atoms with van der Waals surface area (Å²) in [4.78, 5) is 0. The van der Waals surface area contributed by atoms with Crippen LogP contribution < -0.4 is 0 Å². The SMILES string of the molecule is C1CCC1.CC.CC.CC.OCC1O[C@@H]2O[C@@H]3C(CO)O[C@H](O[C@@H]4C(CO)O[C@@H](O[C@@H]5C(CO)O[C@@H](O[C@@H]6C(CO)O[C@@H](O[C@@H]7C(CO)O[C@H](O[C@@H]8C(CO)O[C@H](O[C@H]1[C@H](O)C2O)C(O)[C@H]8O)C(O)[C@H]7O)C(O)[C@H]6O)C(O)[C@H]5O)C(O)[C@H]4O)C(O)[C@H]3O. The van der Waals surface area contributed by atoms with Gasteiger partial charge < -0.3 is 174 Å². The van der Waals surface area contributed by atoms with Crippen LogP contribution in [0, 0.1) is 0 Å². The van der Waals surface area contributed by atoms with Gasteiger partial charge >= 0.3 is 0 Å². The van der Waals surface area contributed by atoms with Gasteiger partial charge in [-0.05, 0) is 0 Å². The number of aliphatic hydroxyl groups is 21. The van der Waals surface area contributed by atoms with Crippen LogP contribution in [0.5, 0.6) is 0 Å². The molecule has 22 fully saturated rings. The lowest BCUT2D eigenvalue weighted by Crippen LogP contribution is -2.68. The summed E-state index contributed by atoms with van der Waals surface area (Å²) >= 11 is 0. The van der Waals surface area contributed by atoms with E-state index in [2.05, 4.69) is 0 Å². The second kappa shape index (κ2) is 35.8. The van der Waals surface area contributed by atoms with Crippen LogP contribution >= 0.6 is 0 Å². The van der Waals surface area contributed by atoms with Crippen molar-refractivity contribution in [2.75, 3.05) is 46.2 Å². The topological polar surface area (TPSA) is 554 Å². The third kappa shape index (κ3) is 16.9. The van der Waals surface area contributed by atoms with E-state index in [4.69, 9.17) is 66.3 Å². The van der Waals surface area contributed by atoms with Gasteiger partial charge in [0.05, 0.1) is 46.2 Å². The zero-order valence-electron chi connectivity index (χ0n) is 49.1. The van der Waals surface area contributed by atoms with Gasteiger partial charge in [0.2, 0.25) is 0 Å². The van der Waals surface area contributed by atoms with Gasteiger partial charge in [0.1, 0.15) is 171 Å². The Hall–Kier alpha value is -1.40. The van der Waals surface area contributed by atoms with E-state index in [0.29, 0.717) is 0 Å². The van der Waals surface area contributed by atoms with Crippen LogP contribution in [0.1, 0.15) is 67.2 Å². The summed E-state index contributed by atoms with van der Waals surface area (Å²) in [6, 6.07) is 0. The molecule has 22 aliphatic rings. The molecule has 0 aromatic carbocycles. The summed E-state index contributed by atoms with van der Waals surface area (Å²) in [5.74, 6) is 0. The first-order valence-electron chi connectivity index (χ1n) is 29.6. The molecular weight excluding hydrogens is 1180 g/mol. The van der Waals surface area contributed by atoms with Crippen LogP contribution in [-0.4, -0.2) is 368 Å². The van der Waals surface area contributed by atoms with Crippen LogP contribution in [0.25, 0.3) is 0 Å². The molecule has 1 saturated carbocycles. The fourth-order valence-electron chi connectivity index (χ4n) is 10.7. The van der Waals surface area contributed by atoms with E-state index in [0.717, 1.165) is 0 Å². The second-order valence-electron chi connectivity index (χ2n) is 21.1. The number of rotatable bonds is 7. The van der Waals surface area contributed by atoms with Gasteiger partial charge in [0.15, 0.2) is 44.0 Å². The predicted molar refractivity (Wildman–Crippen MR) is 281 cm³/mol. The van der Waals surface area contributed by atoms with Crippen molar-refractivity contribution in [2.24, 2.45) is 0 Å².